The molecule has 2 unspecified atom stereocenters. The van der Waals surface area contributed by atoms with E-state index in [1.807, 2.05) is 0 Å². The van der Waals surface area contributed by atoms with Gasteiger partial charge in [-0.1, -0.05) is 6.92 Å². The van der Waals surface area contributed by atoms with Gasteiger partial charge in [-0.2, -0.15) is 0 Å². The van der Waals surface area contributed by atoms with E-state index in [2.05, 4.69) is 23.8 Å². The van der Waals surface area contributed by atoms with E-state index >= 15 is 0 Å². The van der Waals surface area contributed by atoms with Crippen LogP contribution in [0.25, 0.3) is 0 Å². The zero-order valence-electron chi connectivity index (χ0n) is 14.1. The molecule has 2 atom stereocenters. The number of likely N-dealkylation sites (tertiary alicyclic amines) is 1. The van der Waals surface area contributed by atoms with Crippen molar-refractivity contribution in [3.8, 4) is 0 Å². The smallest absolute Gasteiger partial charge is 0.0702 e. The van der Waals surface area contributed by atoms with Crippen LogP contribution in [0.4, 0.5) is 0 Å². The lowest BCUT2D eigenvalue weighted by atomic mass is 9.88. The molecule has 4 nitrogen and oxygen atoms in total. The molecule has 2 aliphatic rings. The molecule has 0 aromatic rings. The van der Waals surface area contributed by atoms with Crippen LogP contribution in [-0.4, -0.2) is 67.8 Å². The Bertz CT molecular complexity index is 294. The number of ether oxygens (including phenoxy) is 1. The summed E-state index contributed by atoms with van der Waals surface area (Å²) in [4.78, 5) is 5.14. The van der Waals surface area contributed by atoms with Crippen LogP contribution >= 0.6 is 0 Å². The second-order valence-corrected chi connectivity index (χ2v) is 6.99. The van der Waals surface area contributed by atoms with Gasteiger partial charge in [0.15, 0.2) is 0 Å². The Morgan fingerprint density at radius 1 is 1.24 bits per heavy atom. The van der Waals surface area contributed by atoms with Crippen molar-refractivity contribution in [2.75, 3.05) is 46.4 Å². The summed E-state index contributed by atoms with van der Waals surface area (Å²) in [5.74, 6) is 0. The predicted octanol–water partition coefficient (Wildman–Crippen LogP) is 2.08. The average Bonchev–Trinajstić information content (AvgIpc) is 2.72. The lowest BCUT2D eigenvalue weighted by molar-refractivity contribution is -0.0253. The number of likely N-dealkylation sites (N-methyl/N-ethyl adjacent to an activating group) is 1. The van der Waals surface area contributed by atoms with Gasteiger partial charge < -0.3 is 15.4 Å². The quantitative estimate of drug-likeness (QED) is 0.815. The van der Waals surface area contributed by atoms with Crippen molar-refractivity contribution in [3.63, 3.8) is 0 Å². The standard InChI is InChI=1S/C17H35N3O/c1-3-10-20-11-6-8-17(15-18,9-12-20)19(2)14-16-7-4-5-13-21-16/h16H,3-15,18H2,1-2H3. The maximum Gasteiger partial charge on any atom is 0.0702 e. The molecule has 0 amide bonds. The number of rotatable bonds is 6. The van der Waals surface area contributed by atoms with E-state index in [4.69, 9.17) is 10.5 Å². The molecule has 2 heterocycles. The Hall–Kier alpha value is -0.160. The van der Waals surface area contributed by atoms with Crippen molar-refractivity contribution in [2.45, 2.75) is 63.5 Å². The van der Waals surface area contributed by atoms with Crippen LogP contribution in [0.5, 0.6) is 0 Å². The first kappa shape index (κ1) is 17.2. The average molecular weight is 297 g/mol. The Morgan fingerprint density at radius 3 is 2.76 bits per heavy atom. The number of nitrogens with two attached hydrogens (primary N) is 1. The minimum absolute atomic E-state index is 0.184. The molecule has 21 heavy (non-hydrogen) atoms. The van der Waals surface area contributed by atoms with Gasteiger partial charge in [0.1, 0.15) is 0 Å². The molecule has 2 aliphatic heterocycles. The van der Waals surface area contributed by atoms with Crippen LogP contribution in [0.1, 0.15) is 51.9 Å². The summed E-state index contributed by atoms with van der Waals surface area (Å²) in [6.07, 6.45) is 9.13. The van der Waals surface area contributed by atoms with E-state index in [9.17, 15) is 0 Å². The fourth-order valence-electron chi connectivity index (χ4n) is 3.97. The molecule has 0 radical (unpaired) electrons. The molecule has 0 aromatic carbocycles. The van der Waals surface area contributed by atoms with E-state index in [1.165, 1.54) is 64.6 Å². The van der Waals surface area contributed by atoms with Crippen molar-refractivity contribution in [2.24, 2.45) is 5.73 Å². The highest BCUT2D eigenvalue weighted by molar-refractivity contribution is 4.94. The van der Waals surface area contributed by atoms with Gasteiger partial charge in [0, 0.05) is 25.2 Å². The van der Waals surface area contributed by atoms with Crippen molar-refractivity contribution < 1.29 is 4.74 Å². The lowest BCUT2D eigenvalue weighted by Gasteiger charge is -2.43. The highest BCUT2D eigenvalue weighted by Crippen LogP contribution is 2.28. The highest BCUT2D eigenvalue weighted by atomic mass is 16.5. The predicted molar refractivity (Wildman–Crippen MR) is 88.6 cm³/mol. The van der Waals surface area contributed by atoms with Crippen molar-refractivity contribution >= 4 is 0 Å². The third kappa shape index (κ3) is 4.65. The molecule has 0 aliphatic carbocycles. The Labute approximate surface area is 131 Å². The van der Waals surface area contributed by atoms with Crippen LogP contribution in [0.15, 0.2) is 0 Å². The van der Waals surface area contributed by atoms with Crippen LogP contribution in [0.2, 0.25) is 0 Å². The first-order valence-electron chi connectivity index (χ1n) is 8.95. The molecule has 4 heteroatoms. The normalized spacial score (nSPS) is 32.3. The lowest BCUT2D eigenvalue weighted by Crippen LogP contribution is -2.55. The van der Waals surface area contributed by atoms with Crippen LogP contribution in [0, 0.1) is 0 Å². The van der Waals surface area contributed by atoms with Crippen molar-refractivity contribution in [1.29, 1.82) is 0 Å². The van der Waals surface area contributed by atoms with E-state index < -0.39 is 0 Å². The minimum atomic E-state index is 0.184. The first-order valence-corrected chi connectivity index (χ1v) is 8.95. The van der Waals surface area contributed by atoms with Crippen LogP contribution < -0.4 is 5.73 Å². The summed E-state index contributed by atoms with van der Waals surface area (Å²) in [6.45, 7) is 8.70. The fourth-order valence-corrected chi connectivity index (χ4v) is 3.97. The van der Waals surface area contributed by atoms with Gasteiger partial charge in [-0.05, 0) is 71.6 Å². The molecule has 0 aromatic heterocycles. The molecular formula is C17H35N3O. The maximum atomic E-state index is 6.23. The number of hydrogen-bond donors (Lipinski definition) is 1. The number of nitrogens with zero attached hydrogens (tertiary/aromatic N) is 2. The number of hydrogen-bond acceptors (Lipinski definition) is 4. The minimum Gasteiger partial charge on any atom is -0.377 e. The van der Waals surface area contributed by atoms with Crippen molar-refractivity contribution in [3.05, 3.63) is 0 Å². The molecule has 0 saturated carbocycles. The van der Waals surface area contributed by atoms with Gasteiger partial charge in [-0.15, -0.1) is 0 Å². The van der Waals surface area contributed by atoms with Crippen LogP contribution in [0.3, 0.4) is 0 Å². The Balaban J connectivity index is 1.92. The van der Waals surface area contributed by atoms with Gasteiger partial charge in [-0.3, -0.25) is 4.90 Å². The van der Waals surface area contributed by atoms with Gasteiger partial charge in [0.2, 0.25) is 0 Å². The molecule has 124 valence electrons. The van der Waals surface area contributed by atoms with E-state index in [-0.39, 0.29) is 5.54 Å². The Morgan fingerprint density at radius 2 is 2.10 bits per heavy atom. The van der Waals surface area contributed by atoms with Crippen molar-refractivity contribution in [1.82, 2.24) is 9.80 Å². The van der Waals surface area contributed by atoms with Crippen LogP contribution in [-0.2, 0) is 4.74 Å². The van der Waals surface area contributed by atoms with Gasteiger partial charge in [0.05, 0.1) is 6.10 Å². The molecule has 2 N–H and O–H groups in total. The van der Waals surface area contributed by atoms with E-state index in [1.54, 1.807) is 0 Å². The van der Waals surface area contributed by atoms with Gasteiger partial charge >= 0.3 is 0 Å². The monoisotopic (exact) mass is 297 g/mol. The molecule has 2 saturated heterocycles. The first-order chi connectivity index (χ1) is 10.2. The summed E-state index contributed by atoms with van der Waals surface area (Å²) < 4.78 is 5.93. The summed E-state index contributed by atoms with van der Waals surface area (Å²) in [6, 6.07) is 0. The zero-order valence-corrected chi connectivity index (χ0v) is 14.1. The second-order valence-electron chi connectivity index (χ2n) is 6.99. The maximum absolute atomic E-state index is 6.23. The highest BCUT2D eigenvalue weighted by Gasteiger charge is 2.36. The summed E-state index contributed by atoms with van der Waals surface area (Å²) in [7, 11) is 2.26. The Kier molecular flexibility index (Phi) is 6.93. The molecule has 0 bridgehead atoms. The molecule has 2 fully saturated rings. The summed E-state index contributed by atoms with van der Waals surface area (Å²) >= 11 is 0. The van der Waals surface area contributed by atoms with E-state index in [0.717, 1.165) is 19.7 Å². The molecule has 2 rings (SSSR count). The summed E-state index contributed by atoms with van der Waals surface area (Å²) in [5.41, 5.74) is 6.42. The van der Waals surface area contributed by atoms with Gasteiger partial charge in [-0.25, -0.2) is 0 Å². The largest absolute Gasteiger partial charge is 0.377 e. The third-order valence-electron chi connectivity index (χ3n) is 5.49. The molecular weight excluding hydrogens is 262 g/mol. The topological polar surface area (TPSA) is 41.7 Å². The fraction of sp³-hybridized carbons (Fsp3) is 1.00. The molecule has 0 spiro atoms. The van der Waals surface area contributed by atoms with Gasteiger partial charge in [0.25, 0.3) is 0 Å². The summed E-state index contributed by atoms with van der Waals surface area (Å²) in [5, 5.41) is 0. The third-order valence-corrected chi connectivity index (χ3v) is 5.49. The SMILES string of the molecule is CCCN1CCCC(CN)(N(C)CC2CCCCO2)CC1. The second kappa shape index (κ2) is 8.47. The van der Waals surface area contributed by atoms with E-state index in [0.29, 0.717) is 6.10 Å². The zero-order chi connectivity index (χ0) is 15.1.